The van der Waals surface area contributed by atoms with Crippen molar-refractivity contribution in [1.82, 2.24) is 0 Å². The van der Waals surface area contributed by atoms with E-state index < -0.39 is 29.0 Å². The normalized spacial score (nSPS) is 11.3. The average Bonchev–Trinajstić information content (AvgIpc) is 2.81. The molecule has 0 spiro atoms. The zero-order valence-electron chi connectivity index (χ0n) is 18.5. The Bertz CT molecular complexity index is 1650. The standard InChI is InChI=1S/C24H14Cl2F2N2O6/c1-10(31)34-22-17-20(33)14-5-3-4-12(9-29-30-16-7-6-13(27)8-15(16)28)21(14)36-23(17)19(26)24(18(22)25)35-11(2)32/h3-9,30H,1-2H3/b29-9+. The number of hydrazone groups is 1. The van der Waals surface area contributed by atoms with Crippen molar-refractivity contribution in [3.8, 4) is 11.5 Å². The number of halogens is 4. The molecule has 3 aromatic carbocycles. The maximum Gasteiger partial charge on any atom is 0.308 e. The van der Waals surface area contributed by atoms with Gasteiger partial charge in [-0.05, 0) is 24.3 Å². The van der Waals surface area contributed by atoms with Gasteiger partial charge < -0.3 is 13.9 Å². The van der Waals surface area contributed by atoms with Gasteiger partial charge in [0.1, 0.15) is 26.8 Å². The largest absolute Gasteiger partial charge is 0.453 e. The molecule has 1 N–H and O–H groups in total. The molecule has 0 bridgehead atoms. The number of rotatable bonds is 5. The summed E-state index contributed by atoms with van der Waals surface area (Å²) in [7, 11) is 0. The second-order valence-electron chi connectivity index (χ2n) is 7.33. The molecule has 36 heavy (non-hydrogen) atoms. The first-order chi connectivity index (χ1) is 17.1. The van der Waals surface area contributed by atoms with Crippen molar-refractivity contribution >= 4 is 69.0 Å². The first kappa shape index (κ1) is 25.1. The highest BCUT2D eigenvalue weighted by Gasteiger charge is 2.27. The van der Waals surface area contributed by atoms with E-state index in [-0.39, 0.29) is 54.7 Å². The van der Waals surface area contributed by atoms with Gasteiger partial charge in [-0.2, -0.15) is 5.10 Å². The zero-order chi connectivity index (χ0) is 26.1. The van der Waals surface area contributed by atoms with Crippen LogP contribution in [0.4, 0.5) is 14.5 Å². The van der Waals surface area contributed by atoms with Gasteiger partial charge >= 0.3 is 11.9 Å². The van der Waals surface area contributed by atoms with Crippen LogP contribution in [-0.2, 0) is 9.59 Å². The number of carbonyl (C=O) groups is 2. The van der Waals surface area contributed by atoms with E-state index in [1.165, 1.54) is 18.3 Å². The molecular formula is C24H14Cl2F2N2O6. The summed E-state index contributed by atoms with van der Waals surface area (Å²) in [6.45, 7) is 2.20. The van der Waals surface area contributed by atoms with Gasteiger partial charge in [0.15, 0.2) is 22.9 Å². The van der Waals surface area contributed by atoms with Gasteiger partial charge in [-0.15, -0.1) is 0 Å². The first-order valence-corrected chi connectivity index (χ1v) is 10.9. The summed E-state index contributed by atoms with van der Waals surface area (Å²) in [5.41, 5.74) is 1.74. The number of fused-ring (bicyclic) bond motifs is 2. The Morgan fingerprint density at radius 2 is 1.69 bits per heavy atom. The van der Waals surface area contributed by atoms with E-state index in [0.717, 1.165) is 26.0 Å². The smallest absolute Gasteiger partial charge is 0.308 e. The van der Waals surface area contributed by atoms with Gasteiger partial charge in [-0.1, -0.05) is 29.3 Å². The lowest BCUT2D eigenvalue weighted by Gasteiger charge is -2.14. The quantitative estimate of drug-likeness (QED) is 0.113. The third kappa shape index (κ3) is 4.73. The van der Waals surface area contributed by atoms with Crippen LogP contribution in [-0.4, -0.2) is 18.2 Å². The summed E-state index contributed by atoms with van der Waals surface area (Å²) < 4.78 is 43.1. The highest BCUT2D eigenvalue weighted by atomic mass is 35.5. The molecule has 4 rings (SSSR count). The third-order valence-corrected chi connectivity index (χ3v) is 5.47. The van der Waals surface area contributed by atoms with Gasteiger partial charge in [0.05, 0.1) is 17.3 Å². The molecule has 0 aliphatic heterocycles. The molecule has 1 aromatic heterocycles. The number of esters is 2. The van der Waals surface area contributed by atoms with Crippen LogP contribution in [0.1, 0.15) is 19.4 Å². The Hall–Kier alpha value is -4.02. The molecule has 0 unspecified atom stereocenters. The fraction of sp³-hybridized carbons (Fsp3) is 0.0833. The summed E-state index contributed by atoms with van der Waals surface area (Å²) in [6.07, 6.45) is 1.24. The molecule has 0 aliphatic carbocycles. The molecule has 184 valence electrons. The summed E-state index contributed by atoms with van der Waals surface area (Å²) in [4.78, 5) is 36.7. The molecule has 12 heteroatoms. The number of anilines is 1. The van der Waals surface area contributed by atoms with E-state index in [1.807, 2.05) is 0 Å². The van der Waals surface area contributed by atoms with Crippen molar-refractivity contribution in [2.75, 3.05) is 5.43 Å². The highest BCUT2D eigenvalue weighted by Crippen LogP contribution is 2.47. The van der Waals surface area contributed by atoms with E-state index in [4.69, 9.17) is 37.1 Å². The number of carbonyl (C=O) groups excluding carboxylic acids is 2. The first-order valence-electron chi connectivity index (χ1n) is 10.1. The minimum atomic E-state index is -0.859. The number of nitrogens with zero attached hydrogens (tertiary/aromatic N) is 1. The number of hydrogen-bond donors (Lipinski definition) is 1. The molecule has 0 atom stereocenters. The average molecular weight is 535 g/mol. The molecule has 4 aromatic rings. The maximum atomic E-state index is 13.9. The fourth-order valence-electron chi connectivity index (χ4n) is 3.34. The summed E-state index contributed by atoms with van der Waals surface area (Å²) in [5, 5.41) is 3.06. The molecule has 8 nitrogen and oxygen atoms in total. The van der Waals surface area contributed by atoms with Crippen LogP contribution in [0.5, 0.6) is 11.5 Å². The van der Waals surface area contributed by atoms with Crippen molar-refractivity contribution in [3.05, 3.63) is 73.9 Å². The predicted molar refractivity (Wildman–Crippen MR) is 130 cm³/mol. The number of para-hydroxylation sites is 1. The second kappa shape index (κ2) is 9.92. The van der Waals surface area contributed by atoms with Gasteiger partial charge in [-0.25, -0.2) is 8.78 Å². The second-order valence-corrected chi connectivity index (χ2v) is 8.08. The van der Waals surface area contributed by atoms with E-state index in [9.17, 15) is 23.2 Å². The predicted octanol–water partition coefficient (Wildman–Crippen LogP) is 5.83. The van der Waals surface area contributed by atoms with Crippen LogP contribution in [0, 0.1) is 11.6 Å². The van der Waals surface area contributed by atoms with Gasteiger partial charge in [0.2, 0.25) is 5.43 Å². The van der Waals surface area contributed by atoms with Crippen LogP contribution in [0.15, 0.2) is 50.7 Å². The number of hydrogen-bond acceptors (Lipinski definition) is 8. The lowest BCUT2D eigenvalue weighted by Crippen LogP contribution is -2.11. The Morgan fingerprint density at radius 1 is 1.00 bits per heavy atom. The van der Waals surface area contributed by atoms with E-state index in [1.54, 1.807) is 6.07 Å². The van der Waals surface area contributed by atoms with Crippen molar-refractivity contribution in [1.29, 1.82) is 0 Å². The Morgan fingerprint density at radius 3 is 2.36 bits per heavy atom. The van der Waals surface area contributed by atoms with Crippen LogP contribution in [0.25, 0.3) is 21.9 Å². The van der Waals surface area contributed by atoms with E-state index in [0.29, 0.717) is 6.07 Å². The fourth-order valence-corrected chi connectivity index (χ4v) is 3.92. The minimum Gasteiger partial charge on any atom is -0.453 e. The minimum absolute atomic E-state index is 0.0203. The molecule has 0 saturated carbocycles. The van der Waals surface area contributed by atoms with E-state index >= 15 is 0 Å². The summed E-state index contributed by atoms with van der Waals surface area (Å²) >= 11 is 12.7. The zero-order valence-corrected chi connectivity index (χ0v) is 20.0. The number of nitrogens with one attached hydrogen (secondary N) is 1. The monoisotopic (exact) mass is 534 g/mol. The molecule has 0 fully saturated rings. The van der Waals surface area contributed by atoms with Crippen molar-refractivity contribution in [2.45, 2.75) is 13.8 Å². The summed E-state index contributed by atoms with van der Waals surface area (Å²) in [5.74, 6) is -3.93. The Kier molecular flexibility index (Phi) is 6.91. The maximum absolute atomic E-state index is 13.9. The molecule has 0 saturated heterocycles. The number of ether oxygens (including phenoxy) is 2. The van der Waals surface area contributed by atoms with Crippen LogP contribution >= 0.6 is 23.2 Å². The highest BCUT2D eigenvalue weighted by molar-refractivity contribution is 6.42. The summed E-state index contributed by atoms with van der Waals surface area (Å²) in [6, 6.07) is 7.44. The lowest BCUT2D eigenvalue weighted by atomic mass is 10.1. The van der Waals surface area contributed by atoms with Gasteiger partial charge in [-0.3, -0.25) is 19.8 Å². The van der Waals surface area contributed by atoms with Crippen LogP contribution < -0.4 is 20.3 Å². The topological polar surface area (TPSA) is 107 Å². The molecule has 0 aliphatic rings. The third-order valence-electron chi connectivity index (χ3n) is 4.78. The molecule has 1 heterocycles. The molecule has 0 radical (unpaired) electrons. The van der Waals surface area contributed by atoms with Gasteiger partial charge in [0.25, 0.3) is 0 Å². The molecular weight excluding hydrogens is 521 g/mol. The van der Waals surface area contributed by atoms with Crippen molar-refractivity contribution in [3.63, 3.8) is 0 Å². The van der Waals surface area contributed by atoms with Crippen LogP contribution in [0.2, 0.25) is 10.0 Å². The van der Waals surface area contributed by atoms with Crippen molar-refractivity contribution < 1.29 is 32.3 Å². The lowest BCUT2D eigenvalue weighted by molar-refractivity contribution is -0.132. The number of benzene rings is 3. The Labute approximate surface area is 211 Å². The van der Waals surface area contributed by atoms with Crippen molar-refractivity contribution in [2.24, 2.45) is 5.10 Å². The van der Waals surface area contributed by atoms with Crippen LogP contribution in [0.3, 0.4) is 0 Å². The van der Waals surface area contributed by atoms with Gasteiger partial charge in [0, 0.05) is 25.5 Å². The molecule has 0 amide bonds. The van der Waals surface area contributed by atoms with E-state index in [2.05, 4.69) is 10.5 Å². The SMILES string of the molecule is CC(=O)Oc1c(Cl)c(OC(C)=O)c2c(=O)c3cccc(/C=N/Nc4ccc(F)cc4F)c3oc2c1Cl. The Balaban J connectivity index is 1.93.